The van der Waals surface area contributed by atoms with Gasteiger partial charge in [0.2, 0.25) is 0 Å². The van der Waals surface area contributed by atoms with Crippen LogP contribution in [0.1, 0.15) is 63.3 Å². The molecule has 13 heteroatoms. The SMILES string of the molecule is Cc1nn(C)cc1-c1cc(C(F)F)nc2sc(C(N)=O)c(NC(=O)c3ccn(COc4ccc(C(C)C)cc4)n3)c12. The van der Waals surface area contributed by atoms with Gasteiger partial charge in [-0.1, -0.05) is 26.0 Å². The van der Waals surface area contributed by atoms with Crippen molar-refractivity contribution in [2.45, 2.75) is 39.8 Å². The number of carbonyl (C=O) groups is 2. The molecule has 4 aromatic heterocycles. The Bertz CT molecular complexity index is 1760. The third kappa shape index (κ3) is 5.66. The number of alkyl halides is 2. The number of aromatic nitrogens is 5. The normalized spacial score (nSPS) is 11.5. The Labute approximate surface area is 237 Å². The van der Waals surface area contributed by atoms with Crippen LogP contribution in [0.4, 0.5) is 14.5 Å². The van der Waals surface area contributed by atoms with Crippen LogP contribution in [0, 0.1) is 6.92 Å². The minimum absolute atomic E-state index is 0.0253. The van der Waals surface area contributed by atoms with Crippen LogP contribution in [0.25, 0.3) is 21.3 Å². The predicted molar refractivity (Wildman–Crippen MR) is 151 cm³/mol. The summed E-state index contributed by atoms with van der Waals surface area (Å²) in [5, 5.41) is 11.6. The number of benzene rings is 1. The molecule has 0 bridgehead atoms. The van der Waals surface area contributed by atoms with E-state index < -0.39 is 23.9 Å². The van der Waals surface area contributed by atoms with Gasteiger partial charge in [-0.3, -0.25) is 14.3 Å². The molecule has 0 atom stereocenters. The quantitative estimate of drug-likeness (QED) is 0.232. The average Bonchev–Trinajstić information content (AvgIpc) is 3.64. The first-order valence-electron chi connectivity index (χ1n) is 12.7. The molecule has 0 fully saturated rings. The van der Waals surface area contributed by atoms with Crippen LogP contribution in [0.5, 0.6) is 5.75 Å². The van der Waals surface area contributed by atoms with Crippen molar-refractivity contribution in [1.29, 1.82) is 0 Å². The van der Waals surface area contributed by atoms with E-state index in [1.54, 1.807) is 31.0 Å². The molecule has 3 N–H and O–H groups in total. The Morgan fingerprint density at radius 2 is 1.85 bits per heavy atom. The molecule has 1 aromatic carbocycles. The molecule has 0 aliphatic heterocycles. The van der Waals surface area contributed by atoms with E-state index in [9.17, 15) is 18.4 Å². The number of ether oxygens (including phenoxy) is 1. The second kappa shape index (κ2) is 11.1. The van der Waals surface area contributed by atoms with Crippen LogP contribution >= 0.6 is 11.3 Å². The molecule has 2 amide bonds. The van der Waals surface area contributed by atoms with Crippen molar-refractivity contribution >= 4 is 39.1 Å². The monoisotopic (exact) mass is 579 g/mol. The first-order chi connectivity index (χ1) is 19.5. The van der Waals surface area contributed by atoms with Gasteiger partial charge in [-0.15, -0.1) is 11.3 Å². The second-order valence-electron chi connectivity index (χ2n) is 9.74. The van der Waals surface area contributed by atoms with Crippen molar-refractivity contribution in [2.24, 2.45) is 12.8 Å². The molecule has 10 nitrogen and oxygen atoms in total. The van der Waals surface area contributed by atoms with Gasteiger partial charge in [0, 0.05) is 30.4 Å². The summed E-state index contributed by atoms with van der Waals surface area (Å²) in [5.74, 6) is -0.406. The van der Waals surface area contributed by atoms with E-state index in [1.807, 2.05) is 24.3 Å². The van der Waals surface area contributed by atoms with Crippen molar-refractivity contribution in [1.82, 2.24) is 24.5 Å². The maximum Gasteiger partial charge on any atom is 0.280 e. The Hall–Kier alpha value is -4.65. The summed E-state index contributed by atoms with van der Waals surface area (Å²) in [7, 11) is 1.70. The van der Waals surface area contributed by atoms with E-state index in [4.69, 9.17) is 10.5 Å². The number of carbonyl (C=O) groups excluding carboxylic acids is 2. The van der Waals surface area contributed by atoms with E-state index >= 15 is 0 Å². The highest BCUT2D eigenvalue weighted by Gasteiger charge is 2.26. The number of fused-ring (bicyclic) bond motifs is 1. The zero-order valence-corrected chi connectivity index (χ0v) is 23.5. The maximum absolute atomic E-state index is 13.8. The van der Waals surface area contributed by atoms with Crippen molar-refractivity contribution in [3.63, 3.8) is 0 Å². The second-order valence-corrected chi connectivity index (χ2v) is 10.7. The molecular weight excluding hydrogens is 552 g/mol. The number of hydrogen-bond donors (Lipinski definition) is 2. The molecule has 212 valence electrons. The molecule has 0 aliphatic rings. The Morgan fingerprint density at radius 1 is 1.12 bits per heavy atom. The number of nitrogens with zero attached hydrogens (tertiary/aromatic N) is 5. The Morgan fingerprint density at radius 3 is 2.46 bits per heavy atom. The predicted octanol–water partition coefficient (Wildman–Crippen LogP) is 5.65. The molecule has 0 unspecified atom stereocenters. The van der Waals surface area contributed by atoms with E-state index in [0.29, 0.717) is 33.9 Å². The lowest BCUT2D eigenvalue weighted by molar-refractivity contribution is 0.100. The summed E-state index contributed by atoms with van der Waals surface area (Å²) in [6.07, 6.45) is 0.399. The van der Waals surface area contributed by atoms with Gasteiger partial charge in [0.1, 0.15) is 21.2 Å². The highest BCUT2D eigenvalue weighted by Crippen LogP contribution is 2.43. The minimum Gasteiger partial charge on any atom is -0.471 e. The van der Waals surface area contributed by atoms with E-state index in [1.165, 1.54) is 22.4 Å². The fourth-order valence-corrected chi connectivity index (χ4v) is 5.43. The number of hydrogen-bond acceptors (Lipinski definition) is 7. The number of amides is 2. The third-order valence-electron chi connectivity index (χ3n) is 6.45. The largest absolute Gasteiger partial charge is 0.471 e. The Balaban J connectivity index is 1.46. The zero-order chi connectivity index (χ0) is 29.4. The molecule has 0 saturated carbocycles. The van der Waals surface area contributed by atoms with E-state index in [0.717, 1.165) is 11.3 Å². The van der Waals surface area contributed by atoms with Gasteiger partial charge in [0.05, 0.1) is 11.4 Å². The van der Waals surface area contributed by atoms with Crippen molar-refractivity contribution in [2.75, 3.05) is 5.32 Å². The third-order valence-corrected chi connectivity index (χ3v) is 7.55. The fourth-order valence-electron chi connectivity index (χ4n) is 4.42. The lowest BCUT2D eigenvalue weighted by Crippen LogP contribution is -2.18. The zero-order valence-electron chi connectivity index (χ0n) is 22.7. The number of pyridine rings is 1. The van der Waals surface area contributed by atoms with Gasteiger partial charge in [0.15, 0.2) is 12.4 Å². The van der Waals surface area contributed by atoms with E-state index in [2.05, 4.69) is 34.3 Å². The van der Waals surface area contributed by atoms with Crippen molar-refractivity contribution in [3.05, 3.63) is 76.3 Å². The summed E-state index contributed by atoms with van der Waals surface area (Å²) >= 11 is 0.829. The number of primary amides is 1. The minimum atomic E-state index is -2.85. The number of nitrogens with one attached hydrogen (secondary N) is 1. The molecule has 0 radical (unpaired) electrons. The van der Waals surface area contributed by atoms with Crippen LogP contribution in [0.15, 0.2) is 48.8 Å². The van der Waals surface area contributed by atoms with Crippen molar-refractivity contribution in [3.8, 4) is 16.9 Å². The molecule has 0 spiro atoms. The highest BCUT2D eigenvalue weighted by atomic mass is 32.1. The molecule has 5 rings (SSSR count). The summed E-state index contributed by atoms with van der Waals surface area (Å²) < 4.78 is 36.3. The van der Waals surface area contributed by atoms with E-state index in [-0.39, 0.29) is 27.8 Å². The molecular formula is C28H27F2N7O3S. The molecule has 5 aromatic rings. The first-order valence-corrected chi connectivity index (χ1v) is 13.5. The number of halogens is 2. The number of anilines is 1. The summed E-state index contributed by atoms with van der Waals surface area (Å²) in [5.41, 5.74) is 7.94. The smallest absolute Gasteiger partial charge is 0.280 e. The summed E-state index contributed by atoms with van der Waals surface area (Å²) in [6.45, 7) is 6.01. The number of rotatable bonds is 9. The van der Waals surface area contributed by atoms with Gasteiger partial charge in [-0.2, -0.15) is 10.2 Å². The standard InChI is InChI=1S/C28H27F2N7O3S/c1-14(2)16-5-7-17(8-6-16)40-13-37-10-9-20(35-37)27(39)33-23-22-18(19-12-36(4)34-15(19)3)11-21(25(29)30)32-28(22)41-24(23)26(31)38/h5-12,14,25H,13H2,1-4H3,(H2,31,38)(H,33,39). The van der Waals surface area contributed by atoms with Crippen molar-refractivity contribution < 1.29 is 23.1 Å². The van der Waals surface area contributed by atoms with Gasteiger partial charge >= 0.3 is 0 Å². The highest BCUT2D eigenvalue weighted by molar-refractivity contribution is 7.21. The topological polar surface area (TPSA) is 130 Å². The molecule has 41 heavy (non-hydrogen) atoms. The molecule has 0 saturated heterocycles. The number of thiophene rings is 1. The first kappa shape index (κ1) is 27.9. The van der Waals surface area contributed by atoms with Crippen LogP contribution in [0.3, 0.4) is 0 Å². The molecule has 4 heterocycles. The fraction of sp³-hybridized carbons (Fsp3) is 0.250. The maximum atomic E-state index is 13.8. The lowest BCUT2D eigenvalue weighted by atomic mass is 10.0. The van der Waals surface area contributed by atoms with Crippen LogP contribution < -0.4 is 15.8 Å². The van der Waals surface area contributed by atoms with Crippen LogP contribution in [-0.2, 0) is 13.8 Å². The number of aryl methyl sites for hydroxylation is 2. The molecule has 0 aliphatic carbocycles. The lowest BCUT2D eigenvalue weighted by Gasteiger charge is -2.10. The summed E-state index contributed by atoms with van der Waals surface area (Å²) in [4.78, 5) is 29.8. The van der Waals surface area contributed by atoms with Crippen LogP contribution in [-0.4, -0.2) is 36.4 Å². The van der Waals surface area contributed by atoms with Crippen LogP contribution in [0.2, 0.25) is 0 Å². The summed E-state index contributed by atoms with van der Waals surface area (Å²) in [6, 6.07) is 10.5. The Kier molecular flexibility index (Phi) is 7.54. The average molecular weight is 580 g/mol. The number of nitrogens with two attached hydrogens (primary N) is 1. The van der Waals surface area contributed by atoms with Gasteiger partial charge < -0.3 is 15.8 Å². The van der Waals surface area contributed by atoms with Gasteiger partial charge in [0.25, 0.3) is 18.2 Å². The van der Waals surface area contributed by atoms with Gasteiger partial charge in [-0.05, 0) is 48.2 Å². The van der Waals surface area contributed by atoms with Gasteiger partial charge in [-0.25, -0.2) is 18.4 Å².